The van der Waals surface area contributed by atoms with Crippen LogP contribution in [0.4, 0.5) is 0 Å². The second-order valence-electron chi connectivity index (χ2n) is 4.52. The Morgan fingerprint density at radius 2 is 2.05 bits per heavy atom. The number of likely N-dealkylation sites (N-methyl/N-ethyl adjacent to an activating group) is 2. The normalized spacial score (nSPS) is 11.4. The van der Waals surface area contributed by atoms with E-state index in [4.69, 9.17) is 11.6 Å². The van der Waals surface area contributed by atoms with Gasteiger partial charge in [0.05, 0.1) is 4.90 Å². The van der Waals surface area contributed by atoms with Gasteiger partial charge in [0, 0.05) is 38.1 Å². The lowest BCUT2D eigenvalue weighted by Crippen LogP contribution is -2.35. The molecule has 0 saturated carbocycles. The highest BCUT2D eigenvalue weighted by molar-refractivity contribution is 7.89. The van der Waals surface area contributed by atoms with E-state index in [9.17, 15) is 13.2 Å². The van der Waals surface area contributed by atoms with Crippen LogP contribution in [0, 0.1) is 0 Å². The van der Waals surface area contributed by atoms with Gasteiger partial charge in [0.25, 0.3) is 0 Å². The second-order valence-corrected chi connectivity index (χ2v) is 6.73. The van der Waals surface area contributed by atoms with Crippen molar-refractivity contribution in [2.45, 2.75) is 11.3 Å². The molecule has 0 bridgehead atoms. The Bertz CT molecular complexity index is 578. The molecule has 0 aliphatic heterocycles. The van der Waals surface area contributed by atoms with E-state index >= 15 is 0 Å². The van der Waals surface area contributed by atoms with Crippen molar-refractivity contribution in [1.29, 1.82) is 0 Å². The zero-order valence-corrected chi connectivity index (χ0v) is 13.7. The van der Waals surface area contributed by atoms with Crippen LogP contribution in [0.3, 0.4) is 0 Å². The highest BCUT2D eigenvalue weighted by Crippen LogP contribution is 2.15. The van der Waals surface area contributed by atoms with Crippen molar-refractivity contribution in [3.63, 3.8) is 0 Å². The number of amides is 1. The van der Waals surface area contributed by atoms with Crippen molar-refractivity contribution in [2.75, 3.05) is 33.7 Å². The first-order valence-electron chi connectivity index (χ1n) is 6.50. The molecule has 0 radical (unpaired) electrons. The first-order valence-corrected chi connectivity index (χ1v) is 8.36. The summed E-state index contributed by atoms with van der Waals surface area (Å²) in [6.45, 7) is 1.32. The smallest absolute Gasteiger partial charge is 0.240 e. The predicted molar refractivity (Wildman–Crippen MR) is 82.8 cm³/mol. The summed E-state index contributed by atoms with van der Waals surface area (Å²) in [5.74, 6) is -0.112. The summed E-state index contributed by atoms with van der Waals surface area (Å²) in [4.78, 5) is 13.4. The monoisotopic (exact) mass is 333 g/mol. The molecule has 1 aromatic rings. The summed E-state index contributed by atoms with van der Waals surface area (Å²) >= 11 is 5.77. The molecule has 0 aliphatic rings. The van der Waals surface area contributed by atoms with Crippen LogP contribution in [0.2, 0.25) is 5.02 Å². The van der Waals surface area contributed by atoms with Gasteiger partial charge in [-0.3, -0.25) is 4.79 Å². The van der Waals surface area contributed by atoms with E-state index in [-0.39, 0.29) is 23.8 Å². The largest absolute Gasteiger partial charge is 0.344 e. The number of benzene rings is 1. The van der Waals surface area contributed by atoms with E-state index in [0.717, 1.165) is 0 Å². The fourth-order valence-corrected chi connectivity index (χ4v) is 2.94. The van der Waals surface area contributed by atoms with Crippen molar-refractivity contribution >= 4 is 27.5 Å². The SMILES string of the molecule is CNCCN(C)C(=O)CCNS(=O)(=O)c1cccc(Cl)c1. The summed E-state index contributed by atoms with van der Waals surface area (Å²) < 4.78 is 26.4. The van der Waals surface area contributed by atoms with Crippen LogP contribution in [0.5, 0.6) is 0 Å². The van der Waals surface area contributed by atoms with Crippen molar-refractivity contribution in [3.05, 3.63) is 29.3 Å². The molecule has 0 aromatic heterocycles. The fraction of sp³-hybridized carbons (Fsp3) is 0.462. The standard InChI is InChI=1S/C13H20ClN3O3S/c1-15-8-9-17(2)13(18)6-7-16-21(19,20)12-5-3-4-11(14)10-12/h3-5,10,15-16H,6-9H2,1-2H3. The molecular weight excluding hydrogens is 314 g/mol. The van der Waals surface area contributed by atoms with Crippen molar-refractivity contribution in [1.82, 2.24) is 14.9 Å². The molecule has 0 atom stereocenters. The number of nitrogens with zero attached hydrogens (tertiary/aromatic N) is 1. The first kappa shape index (κ1) is 17.9. The van der Waals surface area contributed by atoms with Gasteiger partial charge in [-0.15, -0.1) is 0 Å². The van der Waals surface area contributed by atoms with E-state index in [1.807, 2.05) is 0 Å². The molecule has 0 fully saturated rings. The highest BCUT2D eigenvalue weighted by Gasteiger charge is 2.15. The van der Waals surface area contributed by atoms with E-state index in [1.165, 1.54) is 12.1 Å². The lowest BCUT2D eigenvalue weighted by molar-refractivity contribution is -0.129. The number of rotatable bonds is 8. The third kappa shape index (κ3) is 6.01. The quantitative estimate of drug-likeness (QED) is 0.733. The molecule has 1 amide bonds. The number of carbonyl (C=O) groups is 1. The Morgan fingerprint density at radius 1 is 1.33 bits per heavy atom. The Balaban J connectivity index is 2.49. The van der Waals surface area contributed by atoms with Crippen LogP contribution < -0.4 is 10.0 Å². The third-order valence-corrected chi connectivity index (χ3v) is 4.55. The minimum absolute atomic E-state index is 0.0531. The number of carbonyl (C=O) groups excluding carboxylic acids is 1. The molecule has 1 rings (SSSR count). The molecule has 0 heterocycles. The Hall–Kier alpha value is -1.15. The van der Waals surface area contributed by atoms with E-state index < -0.39 is 10.0 Å². The number of sulfonamides is 1. The molecule has 0 aliphatic carbocycles. The molecule has 2 N–H and O–H groups in total. The molecule has 21 heavy (non-hydrogen) atoms. The minimum Gasteiger partial charge on any atom is -0.344 e. The van der Waals surface area contributed by atoms with Crippen LogP contribution in [0.1, 0.15) is 6.42 Å². The molecule has 8 heteroatoms. The Labute approximate surface area is 130 Å². The van der Waals surface area contributed by atoms with Crippen molar-refractivity contribution in [3.8, 4) is 0 Å². The highest BCUT2D eigenvalue weighted by atomic mass is 35.5. The van der Waals surface area contributed by atoms with E-state index in [0.29, 0.717) is 18.1 Å². The lowest BCUT2D eigenvalue weighted by Gasteiger charge is -2.17. The molecule has 0 saturated heterocycles. The summed E-state index contributed by atoms with van der Waals surface area (Å²) in [7, 11) is -0.150. The van der Waals surface area contributed by atoms with Crippen molar-refractivity contribution < 1.29 is 13.2 Å². The zero-order valence-electron chi connectivity index (χ0n) is 12.1. The van der Waals surface area contributed by atoms with Crippen LogP contribution in [0.25, 0.3) is 0 Å². The van der Waals surface area contributed by atoms with Gasteiger partial charge in [-0.2, -0.15) is 0 Å². The predicted octanol–water partition coefficient (Wildman–Crippen LogP) is 0.686. The van der Waals surface area contributed by atoms with Gasteiger partial charge in [-0.1, -0.05) is 17.7 Å². The maximum absolute atomic E-state index is 12.0. The number of hydrogen-bond acceptors (Lipinski definition) is 4. The molecule has 118 valence electrons. The van der Waals surface area contributed by atoms with Crippen LogP contribution in [-0.4, -0.2) is 53.0 Å². The molecule has 0 spiro atoms. The molecular formula is C13H20ClN3O3S. The van der Waals surface area contributed by atoms with Gasteiger partial charge in [-0.05, 0) is 25.2 Å². The molecule has 6 nitrogen and oxygen atoms in total. The maximum atomic E-state index is 12.0. The molecule has 0 unspecified atom stereocenters. The average Bonchev–Trinajstić information content (AvgIpc) is 2.44. The first-order chi connectivity index (χ1) is 9.86. The topological polar surface area (TPSA) is 78.5 Å². The second kappa shape index (κ2) is 8.33. The summed E-state index contributed by atoms with van der Waals surface area (Å²) in [6.07, 6.45) is 0.111. The summed E-state index contributed by atoms with van der Waals surface area (Å²) in [5.41, 5.74) is 0. The lowest BCUT2D eigenvalue weighted by atomic mass is 10.3. The van der Waals surface area contributed by atoms with Gasteiger partial charge in [0.1, 0.15) is 0 Å². The number of nitrogens with one attached hydrogen (secondary N) is 2. The fourth-order valence-electron chi connectivity index (χ4n) is 1.60. The van der Waals surface area contributed by atoms with Gasteiger partial charge < -0.3 is 10.2 Å². The van der Waals surface area contributed by atoms with Crippen LogP contribution in [0.15, 0.2) is 29.2 Å². The minimum atomic E-state index is -3.64. The zero-order chi connectivity index (χ0) is 15.9. The van der Waals surface area contributed by atoms with E-state index in [1.54, 1.807) is 31.1 Å². The molecule has 1 aromatic carbocycles. The Morgan fingerprint density at radius 3 is 2.67 bits per heavy atom. The van der Waals surface area contributed by atoms with Gasteiger partial charge >= 0.3 is 0 Å². The van der Waals surface area contributed by atoms with Crippen LogP contribution in [-0.2, 0) is 14.8 Å². The maximum Gasteiger partial charge on any atom is 0.240 e. The third-order valence-electron chi connectivity index (χ3n) is 2.86. The average molecular weight is 334 g/mol. The van der Waals surface area contributed by atoms with Crippen LogP contribution >= 0.6 is 11.6 Å². The van der Waals surface area contributed by atoms with Gasteiger partial charge in [0.2, 0.25) is 15.9 Å². The van der Waals surface area contributed by atoms with Crippen molar-refractivity contribution in [2.24, 2.45) is 0 Å². The summed E-state index contributed by atoms with van der Waals surface area (Å²) in [5, 5.41) is 3.29. The number of hydrogen-bond donors (Lipinski definition) is 2. The number of halogens is 1. The van der Waals surface area contributed by atoms with Gasteiger partial charge in [-0.25, -0.2) is 13.1 Å². The van der Waals surface area contributed by atoms with Gasteiger partial charge in [0.15, 0.2) is 0 Å². The Kier molecular flexibility index (Phi) is 7.10. The summed E-state index contributed by atoms with van der Waals surface area (Å²) in [6, 6.07) is 5.98. The van der Waals surface area contributed by atoms with E-state index in [2.05, 4.69) is 10.0 Å².